The van der Waals surface area contributed by atoms with Crippen molar-refractivity contribution in [1.82, 2.24) is 20.3 Å². The molecule has 0 spiro atoms. The molecule has 4 N–H and O–H groups in total. The van der Waals surface area contributed by atoms with Crippen LogP contribution in [0.15, 0.2) is 6.20 Å². The van der Waals surface area contributed by atoms with Gasteiger partial charge in [-0.1, -0.05) is 12.1 Å². The number of nitrogens with zero attached hydrogens (tertiary/aromatic N) is 3. The number of carbonyl (C=O) groups is 2. The van der Waals surface area contributed by atoms with Crippen molar-refractivity contribution < 1.29 is 14.7 Å². The van der Waals surface area contributed by atoms with Gasteiger partial charge in [-0.05, 0) is 6.92 Å². The van der Waals surface area contributed by atoms with Gasteiger partial charge in [0.05, 0.1) is 12.7 Å². The lowest BCUT2D eigenvalue weighted by Gasteiger charge is -2.14. The lowest BCUT2D eigenvalue weighted by Crippen LogP contribution is -2.38. The third kappa shape index (κ3) is 4.13. The second-order valence-electron chi connectivity index (χ2n) is 4.17. The third-order valence-corrected chi connectivity index (χ3v) is 2.53. The number of rotatable bonds is 6. The molecular weight excluding hydrogens is 238 g/mol. The van der Waals surface area contributed by atoms with Crippen LogP contribution in [0.5, 0.6) is 0 Å². The van der Waals surface area contributed by atoms with Gasteiger partial charge < -0.3 is 16.2 Å². The van der Waals surface area contributed by atoms with Gasteiger partial charge in [-0.15, -0.1) is 5.10 Å². The summed E-state index contributed by atoms with van der Waals surface area (Å²) < 4.78 is 1.19. The summed E-state index contributed by atoms with van der Waals surface area (Å²) in [7, 11) is 0. The minimum absolute atomic E-state index is 0.169. The molecular formula is C10H17N5O3. The monoisotopic (exact) mass is 255 g/mol. The quantitative estimate of drug-likeness (QED) is 0.596. The minimum atomic E-state index is -0.999. The van der Waals surface area contributed by atoms with Crippen LogP contribution in [-0.4, -0.2) is 38.0 Å². The fourth-order valence-electron chi connectivity index (χ4n) is 1.21. The summed E-state index contributed by atoms with van der Waals surface area (Å²) in [5.41, 5.74) is 6.11. The molecule has 0 aliphatic carbocycles. The third-order valence-electron chi connectivity index (χ3n) is 2.53. The van der Waals surface area contributed by atoms with Crippen LogP contribution < -0.4 is 11.1 Å². The summed E-state index contributed by atoms with van der Waals surface area (Å²) in [6, 6.07) is -0.229. The first-order chi connectivity index (χ1) is 8.40. The van der Waals surface area contributed by atoms with Crippen LogP contribution in [0.3, 0.4) is 0 Å². The lowest BCUT2D eigenvalue weighted by molar-refractivity contribution is -0.138. The summed E-state index contributed by atoms with van der Waals surface area (Å²) in [6.07, 6.45) is 1.48. The molecule has 1 amide bonds. The average molecular weight is 255 g/mol. The van der Waals surface area contributed by atoms with Crippen molar-refractivity contribution in [2.45, 2.75) is 33.0 Å². The Hall–Kier alpha value is -1.96. The fraction of sp³-hybridized carbons (Fsp3) is 0.600. The number of nitrogens with two attached hydrogens (primary N) is 1. The highest BCUT2D eigenvalue weighted by Gasteiger charge is 2.16. The maximum absolute atomic E-state index is 11.6. The van der Waals surface area contributed by atoms with Crippen molar-refractivity contribution >= 4 is 11.9 Å². The largest absolute Gasteiger partial charge is 0.480 e. The Morgan fingerprint density at radius 2 is 2.22 bits per heavy atom. The van der Waals surface area contributed by atoms with Crippen molar-refractivity contribution in [3.63, 3.8) is 0 Å². The molecule has 0 aliphatic rings. The van der Waals surface area contributed by atoms with E-state index in [2.05, 4.69) is 15.6 Å². The molecule has 2 atom stereocenters. The Balaban J connectivity index is 2.46. The van der Waals surface area contributed by atoms with Gasteiger partial charge >= 0.3 is 5.97 Å². The molecule has 0 fully saturated rings. The Bertz CT molecular complexity index is 429. The van der Waals surface area contributed by atoms with Crippen molar-refractivity contribution in [2.75, 3.05) is 0 Å². The number of nitrogens with one attached hydrogen (secondary N) is 1. The number of carboxylic acids is 1. The lowest BCUT2D eigenvalue weighted by atomic mass is 10.0. The van der Waals surface area contributed by atoms with E-state index >= 15 is 0 Å². The second-order valence-corrected chi connectivity index (χ2v) is 4.17. The number of carboxylic acid groups (broad SMARTS) is 1. The zero-order valence-electron chi connectivity index (χ0n) is 10.3. The summed E-state index contributed by atoms with van der Waals surface area (Å²) in [5, 5.41) is 18.6. The average Bonchev–Trinajstić information content (AvgIpc) is 2.71. The number of hydrogen-bond acceptors (Lipinski definition) is 5. The number of aliphatic carboxylic acids is 1. The molecule has 1 aromatic heterocycles. The first kappa shape index (κ1) is 14.1. The van der Waals surface area contributed by atoms with Crippen LogP contribution in [0.1, 0.15) is 19.5 Å². The first-order valence-electron chi connectivity index (χ1n) is 5.54. The number of carbonyl (C=O) groups excluding carboxylic acids is 1. The van der Waals surface area contributed by atoms with Crippen molar-refractivity contribution in [1.29, 1.82) is 0 Å². The van der Waals surface area contributed by atoms with Crippen molar-refractivity contribution in [3.05, 3.63) is 11.9 Å². The van der Waals surface area contributed by atoms with E-state index in [0.29, 0.717) is 5.69 Å². The summed E-state index contributed by atoms with van der Waals surface area (Å²) in [6.45, 7) is 3.45. The molecule has 0 bridgehead atoms. The van der Waals surface area contributed by atoms with E-state index in [4.69, 9.17) is 10.8 Å². The van der Waals surface area contributed by atoms with E-state index in [1.807, 2.05) is 0 Å². The Kier molecular flexibility index (Phi) is 4.78. The molecule has 1 heterocycles. The molecule has 0 radical (unpaired) electrons. The van der Waals surface area contributed by atoms with Crippen LogP contribution in [0.4, 0.5) is 0 Å². The van der Waals surface area contributed by atoms with Gasteiger partial charge in [0.25, 0.3) is 0 Å². The molecule has 0 aliphatic heterocycles. The minimum Gasteiger partial charge on any atom is -0.480 e. The summed E-state index contributed by atoms with van der Waals surface area (Å²) in [5.74, 6) is -1.46. The number of amides is 1. The van der Waals surface area contributed by atoms with E-state index in [-0.39, 0.29) is 31.0 Å². The maximum Gasteiger partial charge on any atom is 0.325 e. The highest BCUT2D eigenvalue weighted by atomic mass is 16.4. The number of hydrogen-bond donors (Lipinski definition) is 3. The maximum atomic E-state index is 11.6. The zero-order chi connectivity index (χ0) is 13.7. The van der Waals surface area contributed by atoms with E-state index in [0.717, 1.165) is 0 Å². The Morgan fingerprint density at radius 1 is 1.56 bits per heavy atom. The second kappa shape index (κ2) is 6.10. The van der Waals surface area contributed by atoms with Gasteiger partial charge in [0.2, 0.25) is 5.91 Å². The van der Waals surface area contributed by atoms with Gasteiger partial charge in [0.15, 0.2) is 0 Å². The van der Waals surface area contributed by atoms with Gasteiger partial charge in [-0.3, -0.25) is 9.59 Å². The van der Waals surface area contributed by atoms with Crippen LogP contribution >= 0.6 is 0 Å². The standard InChI is InChI=1S/C10H17N5O3/c1-6(7(2)11)10(18)12-3-8-4-15(14-13-8)5-9(16)17/h4,6-7H,3,5,11H2,1-2H3,(H,12,18)(H,16,17). The molecule has 100 valence electrons. The predicted octanol–water partition coefficient (Wildman–Crippen LogP) is -1.04. The Labute approximate surface area is 104 Å². The predicted molar refractivity (Wildman–Crippen MR) is 62.3 cm³/mol. The summed E-state index contributed by atoms with van der Waals surface area (Å²) >= 11 is 0. The normalized spacial score (nSPS) is 13.9. The highest BCUT2D eigenvalue weighted by molar-refractivity contribution is 5.78. The van der Waals surface area contributed by atoms with Crippen LogP contribution in [0, 0.1) is 5.92 Å². The molecule has 0 saturated heterocycles. The molecule has 1 aromatic rings. The van der Waals surface area contributed by atoms with Gasteiger partial charge in [-0.2, -0.15) is 0 Å². The molecule has 8 heteroatoms. The van der Waals surface area contributed by atoms with Crippen molar-refractivity contribution in [2.24, 2.45) is 11.7 Å². The van der Waals surface area contributed by atoms with Gasteiger partial charge in [-0.25, -0.2) is 4.68 Å². The molecule has 1 rings (SSSR count). The smallest absolute Gasteiger partial charge is 0.325 e. The Morgan fingerprint density at radius 3 is 2.78 bits per heavy atom. The van der Waals surface area contributed by atoms with E-state index in [1.54, 1.807) is 13.8 Å². The van der Waals surface area contributed by atoms with Gasteiger partial charge in [0, 0.05) is 12.0 Å². The molecule has 0 saturated carbocycles. The zero-order valence-corrected chi connectivity index (χ0v) is 10.3. The van der Waals surface area contributed by atoms with Crippen LogP contribution in [0.25, 0.3) is 0 Å². The SMILES string of the molecule is CC(N)C(C)C(=O)NCc1cn(CC(=O)O)nn1. The molecule has 18 heavy (non-hydrogen) atoms. The van der Waals surface area contributed by atoms with Crippen molar-refractivity contribution in [3.8, 4) is 0 Å². The fourth-order valence-corrected chi connectivity index (χ4v) is 1.21. The topological polar surface area (TPSA) is 123 Å². The molecule has 8 nitrogen and oxygen atoms in total. The van der Waals surface area contributed by atoms with E-state index in [1.165, 1.54) is 10.9 Å². The van der Waals surface area contributed by atoms with E-state index in [9.17, 15) is 9.59 Å². The van der Waals surface area contributed by atoms with Crippen LogP contribution in [0.2, 0.25) is 0 Å². The molecule has 0 aromatic carbocycles. The van der Waals surface area contributed by atoms with Gasteiger partial charge in [0.1, 0.15) is 12.2 Å². The number of aromatic nitrogens is 3. The summed E-state index contributed by atoms with van der Waals surface area (Å²) in [4.78, 5) is 22.0. The van der Waals surface area contributed by atoms with Crippen LogP contribution in [-0.2, 0) is 22.7 Å². The molecule has 2 unspecified atom stereocenters. The first-order valence-corrected chi connectivity index (χ1v) is 5.54. The highest BCUT2D eigenvalue weighted by Crippen LogP contribution is 2.00. The van der Waals surface area contributed by atoms with E-state index < -0.39 is 5.97 Å².